The number of thiophene rings is 1. The molecule has 0 aliphatic carbocycles. The molecule has 3 N–H and O–H groups in total. The molecule has 0 atom stereocenters. The second kappa shape index (κ2) is 6.81. The van der Waals surface area contributed by atoms with Crippen LogP contribution in [-0.4, -0.2) is 39.0 Å². The maximum atomic E-state index is 12.7. The van der Waals surface area contributed by atoms with Gasteiger partial charge in [-0.25, -0.2) is 4.68 Å². The zero-order valence-corrected chi connectivity index (χ0v) is 15.1. The Kier molecular flexibility index (Phi) is 4.35. The summed E-state index contributed by atoms with van der Waals surface area (Å²) in [4.78, 5) is 26.9. The van der Waals surface area contributed by atoms with Gasteiger partial charge in [-0.3, -0.25) is 9.59 Å². The largest absolute Gasteiger partial charge is 0.335 e. The number of thioether (sulfide) groups is 1. The van der Waals surface area contributed by atoms with Gasteiger partial charge in [0.05, 0.1) is 22.0 Å². The molecule has 0 unspecified atom stereocenters. The molecular weight excluding hydrogens is 372 g/mol. The molecule has 1 aliphatic rings. The monoisotopic (exact) mass is 386 g/mol. The molecule has 0 spiro atoms. The van der Waals surface area contributed by atoms with Crippen LogP contribution in [0.1, 0.15) is 0 Å². The number of benzene rings is 1. The fraction of sp³-hybridized carbons (Fsp3) is 0.125. The average Bonchev–Trinajstić information content (AvgIpc) is 3.28. The Morgan fingerprint density at radius 1 is 1.27 bits per heavy atom. The summed E-state index contributed by atoms with van der Waals surface area (Å²) in [7, 11) is 0. The van der Waals surface area contributed by atoms with Gasteiger partial charge in [0.25, 0.3) is 0 Å². The zero-order chi connectivity index (χ0) is 18.1. The van der Waals surface area contributed by atoms with E-state index in [4.69, 9.17) is 5.84 Å². The van der Waals surface area contributed by atoms with E-state index in [-0.39, 0.29) is 24.1 Å². The third-order valence-electron chi connectivity index (χ3n) is 3.80. The van der Waals surface area contributed by atoms with Crippen LogP contribution >= 0.6 is 23.1 Å². The van der Waals surface area contributed by atoms with Gasteiger partial charge in [-0.2, -0.15) is 0 Å². The molecule has 0 saturated carbocycles. The van der Waals surface area contributed by atoms with Gasteiger partial charge in [0, 0.05) is 0 Å². The van der Waals surface area contributed by atoms with Crippen molar-refractivity contribution >= 4 is 46.3 Å². The first kappa shape index (κ1) is 16.6. The van der Waals surface area contributed by atoms with Crippen LogP contribution in [0.5, 0.6) is 0 Å². The normalized spacial score (nSPS) is 13.4. The number of nitrogens with zero attached hydrogens (tertiary/aromatic N) is 4. The van der Waals surface area contributed by atoms with Crippen molar-refractivity contribution in [2.24, 2.45) is 0 Å². The molecule has 0 radical (unpaired) electrons. The van der Waals surface area contributed by atoms with E-state index < -0.39 is 0 Å². The van der Waals surface area contributed by atoms with Crippen LogP contribution in [0.4, 0.5) is 11.4 Å². The van der Waals surface area contributed by atoms with Crippen molar-refractivity contribution in [2.75, 3.05) is 28.4 Å². The first-order valence-corrected chi connectivity index (χ1v) is 9.56. The number of carbonyl (C=O) groups excluding carboxylic acids is 2. The van der Waals surface area contributed by atoms with Crippen LogP contribution in [0, 0.1) is 0 Å². The number of hydrogen-bond acceptors (Lipinski definition) is 7. The molecule has 3 aromatic rings. The SMILES string of the molecule is Nn1c(SCC(=O)N2CC(=O)Nc3ccccc32)nnc1-c1cccs1. The fourth-order valence-electron chi connectivity index (χ4n) is 2.61. The molecule has 8 nitrogen and oxygen atoms in total. The van der Waals surface area contributed by atoms with Crippen LogP contribution in [0.2, 0.25) is 0 Å². The van der Waals surface area contributed by atoms with E-state index in [1.54, 1.807) is 12.1 Å². The lowest BCUT2D eigenvalue weighted by Crippen LogP contribution is -2.43. The summed E-state index contributed by atoms with van der Waals surface area (Å²) in [6, 6.07) is 11.0. The number of hydrogen-bond donors (Lipinski definition) is 2. The Balaban J connectivity index is 1.49. The smallest absolute Gasteiger partial charge is 0.244 e. The van der Waals surface area contributed by atoms with E-state index in [1.807, 2.05) is 29.6 Å². The Hall–Kier alpha value is -2.85. The van der Waals surface area contributed by atoms with E-state index in [2.05, 4.69) is 15.5 Å². The van der Waals surface area contributed by atoms with E-state index >= 15 is 0 Å². The molecule has 2 amide bonds. The quantitative estimate of drug-likeness (QED) is 0.523. The lowest BCUT2D eigenvalue weighted by molar-refractivity contribution is -0.120. The van der Waals surface area contributed by atoms with E-state index in [0.717, 1.165) is 4.88 Å². The van der Waals surface area contributed by atoms with E-state index in [1.165, 1.54) is 32.7 Å². The molecule has 1 aliphatic heterocycles. The minimum absolute atomic E-state index is 0.00777. The maximum Gasteiger partial charge on any atom is 0.244 e. The highest BCUT2D eigenvalue weighted by Crippen LogP contribution is 2.30. The fourth-order valence-corrected chi connectivity index (χ4v) is 4.05. The van der Waals surface area contributed by atoms with Crippen molar-refractivity contribution in [1.29, 1.82) is 0 Å². The molecule has 26 heavy (non-hydrogen) atoms. The van der Waals surface area contributed by atoms with Crippen LogP contribution in [0.25, 0.3) is 10.7 Å². The minimum atomic E-state index is -0.218. The molecule has 3 heterocycles. The van der Waals surface area contributed by atoms with Crippen molar-refractivity contribution in [3.8, 4) is 10.7 Å². The molecule has 132 valence electrons. The summed E-state index contributed by atoms with van der Waals surface area (Å²) in [6.07, 6.45) is 0. The highest BCUT2D eigenvalue weighted by Gasteiger charge is 2.27. The van der Waals surface area contributed by atoms with Gasteiger partial charge in [-0.15, -0.1) is 21.5 Å². The predicted octanol–water partition coefficient (Wildman–Crippen LogP) is 1.80. The number of para-hydroxylation sites is 2. The molecular formula is C16H14N6O2S2. The van der Waals surface area contributed by atoms with Gasteiger partial charge in [-0.05, 0) is 23.6 Å². The lowest BCUT2D eigenvalue weighted by atomic mass is 10.2. The first-order valence-electron chi connectivity index (χ1n) is 7.70. The second-order valence-corrected chi connectivity index (χ2v) is 7.38. The van der Waals surface area contributed by atoms with Gasteiger partial charge < -0.3 is 16.1 Å². The van der Waals surface area contributed by atoms with Gasteiger partial charge in [0.1, 0.15) is 6.54 Å². The summed E-state index contributed by atoms with van der Waals surface area (Å²) in [5.41, 5.74) is 1.32. The number of rotatable bonds is 4. The summed E-state index contributed by atoms with van der Waals surface area (Å²) in [6.45, 7) is -0.00777. The lowest BCUT2D eigenvalue weighted by Gasteiger charge is -2.28. The van der Waals surface area contributed by atoms with Crippen molar-refractivity contribution in [3.05, 3.63) is 41.8 Å². The zero-order valence-electron chi connectivity index (χ0n) is 13.5. The van der Waals surface area contributed by atoms with E-state index in [0.29, 0.717) is 22.4 Å². The predicted molar refractivity (Wildman–Crippen MR) is 102 cm³/mol. The molecule has 0 saturated heterocycles. The highest BCUT2D eigenvalue weighted by molar-refractivity contribution is 7.99. The highest BCUT2D eigenvalue weighted by atomic mass is 32.2. The summed E-state index contributed by atoms with van der Waals surface area (Å²) in [5, 5.41) is 13.3. The molecule has 0 fully saturated rings. The van der Waals surface area contributed by atoms with Crippen LogP contribution < -0.4 is 16.1 Å². The van der Waals surface area contributed by atoms with Crippen LogP contribution in [0.15, 0.2) is 46.9 Å². The Labute approximate surface area is 157 Å². The van der Waals surface area contributed by atoms with Crippen LogP contribution in [-0.2, 0) is 9.59 Å². The number of nitrogens with one attached hydrogen (secondary N) is 1. The van der Waals surface area contributed by atoms with Gasteiger partial charge in [0.2, 0.25) is 17.0 Å². The number of amides is 2. The number of aromatic nitrogens is 3. The summed E-state index contributed by atoms with van der Waals surface area (Å²) in [5.74, 6) is 6.28. The first-order chi connectivity index (χ1) is 12.6. The summed E-state index contributed by atoms with van der Waals surface area (Å²) < 4.78 is 1.38. The third kappa shape index (κ3) is 3.04. The molecule has 0 bridgehead atoms. The maximum absolute atomic E-state index is 12.7. The number of carbonyl (C=O) groups is 2. The van der Waals surface area contributed by atoms with Gasteiger partial charge >= 0.3 is 0 Å². The molecule has 2 aromatic heterocycles. The van der Waals surface area contributed by atoms with Crippen molar-refractivity contribution in [2.45, 2.75) is 5.16 Å². The number of fused-ring (bicyclic) bond motifs is 1. The van der Waals surface area contributed by atoms with Gasteiger partial charge in [0.15, 0.2) is 5.82 Å². The number of anilines is 2. The molecule has 4 rings (SSSR count). The molecule has 1 aromatic carbocycles. The number of nitrogen functional groups attached to an aromatic ring is 1. The van der Waals surface area contributed by atoms with Crippen molar-refractivity contribution in [1.82, 2.24) is 14.9 Å². The van der Waals surface area contributed by atoms with Gasteiger partial charge in [-0.1, -0.05) is 30.0 Å². The second-order valence-electron chi connectivity index (χ2n) is 5.49. The summed E-state index contributed by atoms with van der Waals surface area (Å²) >= 11 is 2.70. The Bertz CT molecular complexity index is 969. The van der Waals surface area contributed by atoms with Crippen molar-refractivity contribution in [3.63, 3.8) is 0 Å². The standard InChI is InChI=1S/C16H14N6O2S2/c17-22-15(12-6-3-7-25-12)19-20-16(22)26-9-14(24)21-8-13(23)18-10-4-1-2-5-11(10)21/h1-7H,8-9,17H2,(H,18,23). The number of nitrogens with two attached hydrogens (primary N) is 1. The van der Waals surface area contributed by atoms with Crippen molar-refractivity contribution < 1.29 is 9.59 Å². The van der Waals surface area contributed by atoms with E-state index in [9.17, 15) is 9.59 Å². The Morgan fingerprint density at radius 3 is 2.92 bits per heavy atom. The van der Waals surface area contributed by atoms with Crippen LogP contribution in [0.3, 0.4) is 0 Å². The third-order valence-corrected chi connectivity index (χ3v) is 5.60. The minimum Gasteiger partial charge on any atom is -0.335 e. The average molecular weight is 386 g/mol. The molecule has 10 heteroatoms. The Morgan fingerprint density at radius 2 is 2.12 bits per heavy atom. The topological polar surface area (TPSA) is 106 Å².